The molecular weight excluding hydrogens is 482 g/mol. The number of nitrogens with zero attached hydrogens (tertiary/aromatic N) is 4. The predicted molar refractivity (Wildman–Crippen MR) is 136 cm³/mol. The van der Waals surface area contributed by atoms with Gasteiger partial charge in [-0.15, -0.1) is 0 Å². The lowest BCUT2D eigenvalue weighted by Gasteiger charge is -2.37. The van der Waals surface area contributed by atoms with E-state index in [1.54, 1.807) is 31.7 Å². The fourth-order valence-corrected chi connectivity index (χ4v) is 5.07. The second kappa shape index (κ2) is 9.01. The third-order valence-electron chi connectivity index (χ3n) is 6.79. The molecule has 0 aromatic carbocycles. The number of aromatic nitrogens is 4. The molecule has 2 aliphatic heterocycles. The van der Waals surface area contributed by atoms with Crippen LogP contribution in [0.2, 0.25) is 18.1 Å². The maximum atomic E-state index is 12.3. The number of carbonyl (C=O) groups is 1. The van der Waals surface area contributed by atoms with Gasteiger partial charge >= 0.3 is 6.09 Å². The van der Waals surface area contributed by atoms with Gasteiger partial charge in [0.05, 0.1) is 12.9 Å². The van der Waals surface area contributed by atoms with Gasteiger partial charge in [0.2, 0.25) is 0 Å². The molecule has 0 bridgehead atoms. The zero-order chi connectivity index (χ0) is 26.7. The van der Waals surface area contributed by atoms with Crippen LogP contribution < -0.4 is 5.32 Å². The van der Waals surface area contributed by atoms with E-state index in [2.05, 4.69) is 54.1 Å². The molecule has 200 valence electrons. The number of imidazole rings is 1. The zero-order valence-electron chi connectivity index (χ0n) is 22.9. The van der Waals surface area contributed by atoms with Gasteiger partial charge in [0, 0.05) is 0 Å². The van der Waals surface area contributed by atoms with E-state index in [0.717, 1.165) is 0 Å². The maximum Gasteiger partial charge on any atom is 0.413 e. The molecule has 4 rings (SSSR count). The minimum absolute atomic E-state index is 0.0751. The molecule has 12 heteroatoms. The van der Waals surface area contributed by atoms with Gasteiger partial charge in [0.15, 0.2) is 37.3 Å². The van der Waals surface area contributed by atoms with Crippen molar-refractivity contribution < 1.29 is 28.2 Å². The van der Waals surface area contributed by atoms with E-state index in [-0.39, 0.29) is 29.2 Å². The Hall–Kier alpha value is -2.12. The highest BCUT2D eigenvalue weighted by Gasteiger charge is 2.56. The first kappa shape index (κ1) is 26.9. The summed E-state index contributed by atoms with van der Waals surface area (Å²) in [6.45, 7) is 20.6. The minimum Gasteiger partial charge on any atom is -0.444 e. The third-order valence-corrected chi connectivity index (χ3v) is 11.3. The normalized spacial score (nSPS) is 26.3. The number of nitrogens with one attached hydrogen (secondary N) is 1. The summed E-state index contributed by atoms with van der Waals surface area (Å²) < 4.78 is 32.6. The number of carbonyl (C=O) groups excluding carboxylic acids is 1. The molecule has 11 nitrogen and oxygen atoms in total. The second-order valence-electron chi connectivity index (χ2n) is 12.4. The molecule has 0 unspecified atom stereocenters. The van der Waals surface area contributed by atoms with E-state index in [1.165, 1.54) is 6.33 Å². The quantitative estimate of drug-likeness (QED) is 0.562. The lowest BCUT2D eigenvalue weighted by molar-refractivity contribution is -0.199. The number of hydrogen-bond acceptors (Lipinski definition) is 9. The molecule has 0 spiro atoms. The minimum atomic E-state index is -1.99. The van der Waals surface area contributed by atoms with Crippen LogP contribution in [0.1, 0.15) is 61.6 Å². The number of anilines is 1. The van der Waals surface area contributed by atoms with Gasteiger partial charge in [-0.05, 0) is 52.8 Å². The Morgan fingerprint density at radius 2 is 1.78 bits per heavy atom. The molecule has 1 N–H and O–H groups in total. The van der Waals surface area contributed by atoms with Crippen LogP contribution in [0.3, 0.4) is 0 Å². The first-order chi connectivity index (χ1) is 16.5. The Bertz CT molecular complexity index is 1120. The summed E-state index contributed by atoms with van der Waals surface area (Å²) in [6, 6.07) is 0. The number of ether oxygens (including phenoxy) is 4. The van der Waals surface area contributed by atoms with Crippen LogP contribution >= 0.6 is 0 Å². The molecule has 1 amide bonds. The lowest BCUT2D eigenvalue weighted by atomic mass is 10.1. The van der Waals surface area contributed by atoms with E-state index in [9.17, 15) is 4.79 Å². The number of hydrogen-bond donors (Lipinski definition) is 1. The summed E-state index contributed by atoms with van der Waals surface area (Å²) in [7, 11) is -1.99. The van der Waals surface area contributed by atoms with Crippen LogP contribution in [-0.4, -0.2) is 70.2 Å². The third kappa shape index (κ3) is 5.42. The largest absolute Gasteiger partial charge is 0.444 e. The highest BCUT2D eigenvalue weighted by molar-refractivity contribution is 6.74. The molecule has 0 saturated carbocycles. The lowest BCUT2D eigenvalue weighted by Crippen LogP contribution is -2.44. The number of rotatable bonds is 5. The van der Waals surface area contributed by atoms with Crippen LogP contribution in [0.15, 0.2) is 12.7 Å². The van der Waals surface area contributed by atoms with Gasteiger partial charge in [0.25, 0.3) is 0 Å². The van der Waals surface area contributed by atoms with Crippen molar-refractivity contribution in [1.29, 1.82) is 0 Å². The second-order valence-corrected chi connectivity index (χ2v) is 17.2. The van der Waals surface area contributed by atoms with Gasteiger partial charge in [0.1, 0.15) is 30.2 Å². The Morgan fingerprint density at radius 1 is 1.11 bits per heavy atom. The molecule has 2 aliphatic rings. The fraction of sp³-hybridized carbons (Fsp3) is 0.750. The maximum absolute atomic E-state index is 12.3. The van der Waals surface area contributed by atoms with Gasteiger partial charge in [-0.1, -0.05) is 20.8 Å². The predicted octanol–water partition coefficient (Wildman–Crippen LogP) is 4.61. The standard InChI is InChI=1S/C24H39N5O6Si/c1-22(2,3)35-21(30)28-18-15-19(26-12-25-18)29(13-27-15)20-17-16(33-24(7,8)34-17)14(32-20)11-31-36(9,10)23(4,5)6/h12-14,16-17,20H,11H2,1-10H3,(H,25,26,28,30)/t14-,16-,17-,20-/m1/s1. The van der Waals surface area contributed by atoms with Crippen LogP contribution in [0, 0.1) is 0 Å². The summed E-state index contributed by atoms with van der Waals surface area (Å²) in [4.78, 5) is 25.4. The van der Waals surface area contributed by atoms with E-state index in [1.807, 2.05) is 13.8 Å². The van der Waals surface area contributed by atoms with E-state index in [4.69, 9.17) is 23.4 Å². The van der Waals surface area contributed by atoms with Crippen molar-refractivity contribution in [3.05, 3.63) is 12.7 Å². The van der Waals surface area contributed by atoms with Crippen LogP contribution in [0.5, 0.6) is 0 Å². The van der Waals surface area contributed by atoms with Crippen molar-refractivity contribution in [1.82, 2.24) is 19.5 Å². The highest BCUT2D eigenvalue weighted by atomic mass is 28.4. The molecule has 2 aromatic rings. The first-order valence-corrected chi connectivity index (χ1v) is 15.2. The summed E-state index contributed by atoms with van der Waals surface area (Å²) in [6.07, 6.45) is 0.803. The van der Waals surface area contributed by atoms with Crippen LogP contribution in [0.4, 0.5) is 10.6 Å². The Labute approximate surface area is 213 Å². The number of fused-ring (bicyclic) bond motifs is 2. The first-order valence-electron chi connectivity index (χ1n) is 12.3. The van der Waals surface area contributed by atoms with E-state index >= 15 is 0 Å². The Morgan fingerprint density at radius 3 is 2.42 bits per heavy atom. The Balaban J connectivity index is 1.59. The molecule has 0 aliphatic carbocycles. The molecule has 4 atom stereocenters. The SMILES string of the molecule is CC(C)(C)OC(=O)Nc1ncnc2c1ncn2[C@@H]1O[C@H](CO[Si](C)(C)C(C)(C)C)[C@H]2OC(C)(C)O[C@H]21. The van der Waals surface area contributed by atoms with Crippen molar-refractivity contribution >= 4 is 31.4 Å². The van der Waals surface area contributed by atoms with Gasteiger partial charge in [-0.3, -0.25) is 9.88 Å². The molecule has 2 saturated heterocycles. The topological polar surface area (TPSA) is 119 Å². The molecule has 2 fully saturated rings. The molecular formula is C24H39N5O6Si. The average molecular weight is 522 g/mol. The van der Waals surface area contributed by atoms with Crippen LogP contribution in [-0.2, 0) is 23.4 Å². The molecule has 4 heterocycles. The van der Waals surface area contributed by atoms with Crippen molar-refractivity contribution in [3.8, 4) is 0 Å². The average Bonchev–Trinajstić information content (AvgIpc) is 3.35. The van der Waals surface area contributed by atoms with Crippen molar-refractivity contribution in [2.75, 3.05) is 11.9 Å². The fourth-order valence-electron chi connectivity index (χ4n) is 4.05. The smallest absolute Gasteiger partial charge is 0.413 e. The van der Waals surface area contributed by atoms with Crippen molar-refractivity contribution in [2.24, 2.45) is 0 Å². The summed E-state index contributed by atoms with van der Waals surface area (Å²) in [5, 5.41) is 2.74. The van der Waals surface area contributed by atoms with Crippen LogP contribution in [0.25, 0.3) is 11.2 Å². The molecule has 2 aromatic heterocycles. The molecule has 36 heavy (non-hydrogen) atoms. The van der Waals surface area contributed by atoms with Gasteiger partial charge < -0.3 is 23.4 Å². The van der Waals surface area contributed by atoms with Gasteiger partial charge in [-0.25, -0.2) is 19.7 Å². The van der Waals surface area contributed by atoms with E-state index in [0.29, 0.717) is 17.8 Å². The van der Waals surface area contributed by atoms with Crippen molar-refractivity contribution in [2.45, 2.75) is 109 Å². The van der Waals surface area contributed by atoms with E-state index < -0.39 is 32.0 Å². The zero-order valence-corrected chi connectivity index (χ0v) is 23.9. The summed E-state index contributed by atoms with van der Waals surface area (Å²) in [5.41, 5.74) is 0.276. The number of amides is 1. The Kier molecular flexibility index (Phi) is 6.74. The molecule has 0 radical (unpaired) electrons. The summed E-state index contributed by atoms with van der Waals surface area (Å²) in [5.74, 6) is -0.509. The van der Waals surface area contributed by atoms with Gasteiger partial charge in [-0.2, -0.15) is 0 Å². The highest BCUT2D eigenvalue weighted by Crippen LogP contribution is 2.45. The summed E-state index contributed by atoms with van der Waals surface area (Å²) >= 11 is 0. The monoisotopic (exact) mass is 521 g/mol. The van der Waals surface area contributed by atoms with Crippen molar-refractivity contribution in [3.63, 3.8) is 0 Å².